The summed E-state index contributed by atoms with van der Waals surface area (Å²) in [6.45, 7) is 2.00. The van der Waals surface area contributed by atoms with Gasteiger partial charge in [0.1, 0.15) is 5.75 Å². The van der Waals surface area contributed by atoms with Crippen LogP contribution >= 0.6 is 28.1 Å². The van der Waals surface area contributed by atoms with E-state index in [1.165, 1.54) is 0 Å². The molecule has 0 unspecified atom stereocenters. The van der Waals surface area contributed by atoms with Gasteiger partial charge >= 0.3 is 0 Å². The summed E-state index contributed by atoms with van der Waals surface area (Å²) in [5.74, 6) is 1.54. The number of nitrogens with one attached hydrogen (secondary N) is 1. The van der Waals surface area contributed by atoms with Crippen molar-refractivity contribution in [2.75, 3.05) is 7.11 Å². The zero-order chi connectivity index (χ0) is 13.8. The zero-order valence-corrected chi connectivity index (χ0v) is 13.0. The molecular formula is C12H13BrN4OS. The Kier molecular flexibility index (Phi) is 4.49. The maximum atomic E-state index is 5.29. The van der Waals surface area contributed by atoms with E-state index in [0.717, 1.165) is 28.0 Å². The quantitative estimate of drug-likeness (QED) is 0.687. The Bertz CT molecular complexity index is 662. The number of aromatic nitrogens is 3. The predicted molar refractivity (Wildman–Crippen MR) is 80.5 cm³/mol. The first-order chi connectivity index (χ1) is 9.15. The molecule has 1 heterocycles. The third-order valence-electron chi connectivity index (χ3n) is 2.54. The van der Waals surface area contributed by atoms with Gasteiger partial charge in [-0.25, -0.2) is 0 Å². The molecule has 0 amide bonds. The van der Waals surface area contributed by atoms with Gasteiger partial charge in [-0.05, 0) is 30.4 Å². The summed E-state index contributed by atoms with van der Waals surface area (Å²) in [6.07, 6.45) is 2.45. The number of ether oxygens (including phenoxy) is 1. The molecule has 1 aromatic heterocycles. The molecule has 0 fully saturated rings. The molecule has 0 atom stereocenters. The first-order valence-electron chi connectivity index (χ1n) is 5.70. The average Bonchev–Trinajstić information content (AvgIpc) is 2.77. The molecular weight excluding hydrogens is 328 g/mol. The van der Waals surface area contributed by atoms with Crippen LogP contribution in [0.4, 0.5) is 0 Å². The van der Waals surface area contributed by atoms with Crippen molar-refractivity contribution in [1.82, 2.24) is 14.9 Å². The van der Waals surface area contributed by atoms with Crippen LogP contribution in [0.15, 0.2) is 27.8 Å². The van der Waals surface area contributed by atoms with Crippen molar-refractivity contribution in [2.45, 2.75) is 13.3 Å². The van der Waals surface area contributed by atoms with Crippen LogP contribution < -0.4 is 4.74 Å². The van der Waals surface area contributed by atoms with E-state index in [1.807, 2.05) is 25.1 Å². The first kappa shape index (κ1) is 14.0. The highest BCUT2D eigenvalue weighted by molar-refractivity contribution is 9.10. The number of hydrogen-bond donors (Lipinski definition) is 1. The maximum absolute atomic E-state index is 5.29. The second-order valence-corrected chi connectivity index (χ2v) is 5.04. The van der Waals surface area contributed by atoms with Gasteiger partial charge in [0, 0.05) is 16.5 Å². The number of aryl methyl sites for hydroxylation is 1. The number of aromatic amines is 1. The van der Waals surface area contributed by atoms with Gasteiger partial charge in [0.05, 0.1) is 13.3 Å². The van der Waals surface area contributed by atoms with Crippen molar-refractivity contribution in [3.8, 4) is 5.75 Å². The monoisotopic (exact) mass is 340 g/mol. The molecule has 2 rings (SSSR count). The van der Waals surface area contributed by atoms with E-state index in [0.29, 0.717) is 4.77 Å². The number of halogens is 1. The van der Waals surface area contributed by atoms with Crippen molar-refractivity contribution in [1.29, 1.82) is 0 Å². The zero-order valence-electron chi connectivity index (χ0n) is 10.6. The molecule has 0 radical (unpaired) electrons. The molecule has 0 aliphatic rings. The molecule has 5 nitrogen and oxygen atoms in total. The molecule has 1 aromatic carbocycles. The Hall–Kier alpha value is -1.47. The van der Waals surface area contributed by atoms with Crippen LogP contribution in [0.3, 0.4) is 0 Å². The normalized spacial score (nSPS) is 11.1. The van der Waals surface area contributed by atoms with Crippen molar-refractivity contribution >= 4 is 34.4 Å². The average molecular weight is 341 g/mol. The summed E-state index contributed by atoms with van der Waals surface area (Å²) < 4.78 is 8.33. The molecule has 1 N–H and O–H groups in total. The lowest BCUT2D eigenvalue weighted by molar-refractivity contribution is 0.414. The number of H-pyrrole nitrogens is 1. The van der Waals surface area contributed by atoms with E-state index in [-0.39, 0.29) is 0 Å². The van der Waals surface area contributed by atoms with Crippen LogP contribution in [-0.2, 0) is 6.42 Å². The maximum Gasteiger partial charge on any atom is 0.216 e. The Labute approximate surface area is 124 Å². The molecule has 0 aliphatic carbocycles. The van der Waals surface area contributed by atoms with Gasteiger partial charge in [-0.1, -0.05) is 22.9 Å². The van der Waals surface area contributed by atoms with Crippen LogP contribution in [0.25, 0.3) is 0 Å². The fraction of sp³-hybridized carbons (Fsp3) is 0.250. The van der Waals surface area contributed by atoms with Crippen molar-refractivity contribution in [3.05, 3.63) is 38.8 Å². The third-order valence-corrected chi connectivity index (χ3v) is 3.30. The number of rotatable bonds is 4. The molecule has 0 aliphatic heterocycles. The van der Waals surface area contributed by atoms with Crippen LogP contribution in [0.1, 0.15) is 18.3 Å². The van der Waals surface area contributed by atoms with Gasteiger partial charge in [0.15, 0.2) is 5.82 Å². The van der Waals surface area contributed by atoms with Crippen molar-refractivity contribution in [3.63, 3.8) is 0 Å². The van der Waals surface area contributed by atoms with Crippen LogP contribution in [-0.4, -0.2) is 28.2 Å². The lowest BCUT2D eigenvalue weighted by Crippen LogP contribution is -1.98. The number of benzene rings is 1. The summed E-state index contributed by atoms with van der Waals surface area (Å²) in [5, 5.41) is 11.2. The van der Waals surface area contributed by atoms with Gasteiger partial charge in [-0.2, -0.15) is 14.9 Å². The predicted octanol–water partition coefficient (Wildman–Crippen LogP) is 3.16. The molecule has 0 spiro atoms. The fourth-order valence-electron chi connectivity index (χ4n) is 1.60. The minimum atomic E-state index is 0.474. The van der Waals surface area contributed by atoms with Gasteiger partial charge in [0.2, 0.25) is 4.77 Å². The van der Waals surface area contributed by atoms with Crippen LogP contribution in [0.5, 0.6) is 5.75 Å². The number of methoxy groups -OCH3 is 1. The number of hydrogen-bond acceptors (Lipinski definition) is 4. The Morgan fingerprint density at radius 2 is 2.37 bits per heavy atom. The second-order valence-electron chi connectivity index (χ2n) is 3.74. The Morgan fingerprint density at radius 3 is 3.05 bits per heavy atom. The first-order valence-corrected chi connectivity index (χ1v) is 6.90. The molecule has 100 valence electrons. The van der Waals surface area contributed by atoms with Gasteiger partial charge in [-0.3, -0.25) is 5.10 Å². The topological polar surface area (TPSA) is 55.2 Å². The van der Waals surface area contributed by atoms with E-state index in [4.69, 9.17) is 17.0 Å². The molecule has 19 heavy (non-hydrogen) atoms. The SMILES string of the molecule is CCc1n[nH]c(=S)n1/N=C\c1cc(Br)ccc1OC. The van der Waals surface area contributed by atoms with E-state index in [2.05, 4.69) is 31.2 Å². The highest BCUT2D eigenvalue weighted by Crippen LogP contribution is 2.21. The lowest BCUT2D eigenvalue weighted by Gasteiger charge is -2.04. The smallest absolute Gasteiger partial charge is 0.216 e. The summed E-state index contributed by atoms with van der Waals surface area (Å²) in [4.78, 5) is 0. The fourth-order valence-corrected chi connectivity index (χ4v) is 2.18. The molecule has 0 saturated heterocycles. The van der Waals surface area contributed by atoms with Crippen molar-refractivity contribution < 1.29 is 4.74 Å². The Balaban J connectivity index is 2.40. The number of nitrogens with zero attached hydrogens (tertiary/aromatic N) is 3. The molecule has 2 aromatic rings. The highest BCUT2D eigenvalue weighted by Gasteiger charge is 2.04. The van der Waals surface area contributed by atoms with E-state index in [9.17, 15) is 0 Å². The van der Waals surface area contributed by atoms with Crippen molar-refractivity contribution in [2.24, 2.45) is 5.10 Å². The largest absolute Gasteiger partial charge is 0.496 e. The summed E-state index contributed by atoms with van der Waals surface area (Å²) in [7, 11) is 1.63. The molecule has 0 saturated carbocycles. The lowest BCUT2D eigenvalue weighted by atomic mass is 10.2. The van der Waals surface area contributed by atoms with Gasteiger partial charge < -0.3 is 4.74 Å². The Morgan fingerprint density at radius 1 is 1.58 bits per heavy atom. The summed E-state index contributed by atoms with van der Waals surface area (Å²) in [6, 6.07) is 5.72. The van der Waals surface area contributed by atoms with Gasteiger partial charge in [0.25, 0.3) is 0 Å². The van der Waals surface area contributed by atoms with Crippen LogP contribution in [0, 0.1) is 4.77 Å². The molecule has 0 bridgehead atoms. The minimum Gasteiger partial charge on any atom is -0.496 e. The van der Waals surface area contributed by atoms with Crippen LogP contribution in [0.2, 0.25) is 0 Å². The summed E-state index contributed by atoms with van der Waals surface area (Å²) >= 11 is 8.56. The highest BCUT2D eigenvalue weighted by atomic mass is 79.9. The van der Waals surface area contributed by atoms with E-state index in [1.54, 1.807) is 18.0 Å². The molecule has 7 heteroatoms. The summed E-state index contributed by atoms with van der Waals surface area (Å²) in [5.41, 5.74) is 0.863. The second kappa shape index (κ2) is 6.12. The third kappa shape index (κ3) is 3.10. The van der Waals surface area contributed by atoms with E-state index >= 15 is 0 Å². The van der Waals surface area contributed by atoms with Gasteiger partial charge in [-0.15, -0.1) is 0 Å². The minimum absolute atomic E-state index is 0.474. The standard InChI is InChI=1S/C12H13BrN4OS/c1-3-11-15-16-12(19)17(11)14-7-8-6-9(13)4-5-10(8)18-2/h4-7H,3H2,1-2H3,(H,16,19)/b14-7-. The van der Waals surface area contributed by atoms with E-state index < -0.39 is 0 Å².